The molecule has 6 heteroatoms. The first-order chi connectivity index (χ1) is 11.7. The lowest BCUT2D eigenvalue weighted by atomic mass is 9.97. The number of carbonyl (C=O) groups is 1. The van der Waals surface area contributed by atoms with Crippen molar-refractivity contribution in [2.45, 2.75) is 32.1 Å². The van der Waals surface area contributed by atoms with Crippen LogP contribution in [0.1, 0.15) is 42.6 Å². The van der Waals surface area contributed by atoms with Gasteiger partial charge in [0.1, 0.15) is 5.69 Å². The summed E-state index contributed by atoms with van der Waals surface area (Å²) in [4.78, 5) is 25.3. The summed E-state index contributed by atoms with van der Waals surface area (Å²) in [6.07, 6.45) is 10.1. The summed E-state index contributed by atoms with van der Waals surface area (Å²) in [6.45, 7) is 4.17. The van der Waals surface area contributed by atoms with Crippen LogP contribution in [0.15, 0.2) is 23.9 Å². The maximum Gasteiger partial charge on any atom is 0.272 e. The zero-order valence-corrected chi connectivity index (χ0v) is 14.5. The van der Waals surface area contributed by atoms with Crippen LogP contribution in [0.5, 0.6) is 0 Å². The van der Waals surface area contributed by atoms with Crippen molar-refractivity contribution >= 4 is 11.9 Å². The third-order valence-corrected chi connectivity index (χ3v) is 4.78. The first kappa shape index (κ1) is 16.9. The largest absolute Gasteiger partial charge is 0.354 e. The monoisotopic (exact) mass is 329 g/mol. The van der Waals surface area contributed by atoms with Crippen LogP contribution in [0, 0.1) is 0 Å². The van der Waals surface area contributed by atoms with Crippen molar-refractivity contribution < 1.29 is 4.79 Å². The normalized spacial score (nSPS) is 19.0. The zero-order chi connectivity index (χ0) is 16.8. The Morgan fingerprint density at radius 2 is 2.08 bits per heavy atom. The molecule has 0 bridgehead atoms. The molecule has 0 unspecified atom stereocenters. The van der Waals surface area contributed by atoms with Crippen molar-refractivity contribution in [2.75, 3.05) is 45.1 Å². The number of hydrogen-bond acceptors (Lipinski definition) is 5. The van der Waals surface area contributed by atoms with Crippen molar-refractivity contribution in [3.05, 3.63) is 29.6 Å². The van der Waals surface area contributed by atoms with E-state index in [1.165, 1.54) is 31.3 Å². The smallest absolute Gasteiger partial charge is 0.272 e. The number of carbonyl (C=O) groups excluding carboxylic acids is 1. The van der Waals surface area contributed by atoms with Gasteiger partial charge in [0, 0.05) is 38.9 Å². The van der Waals surface area contributed by atoms with E-state index in [1.54, 1.807) is 12.3 Å². The van der Waals surface area contributed by atoms with Crippen molar-refractivity contribution in [2.24, 2.45) is 0 Å². The van der Waals surface area contributed by atoms with Crippen molar-refractivity contribution in [1.82, 2.24) is 19.8 Å². The summed E-state index contributed by atoms with van der Waals surface area (Å²) in [5.74, 6) is 0.551. The van der Waals surface area contributed by atoms with Gasteiger partial charge in [0.15, 0.2) is 0 Å². The first-order valence-electron chi connectivity index (χ1n) is 8.95. The van der Waals surface area contributed by atoms with Gasteiger partial charge in [-0.1, -0.05) is 11.6 Å². The van der Waals surface area contributed by atoms with E-state index in [9.17, 15) is 4.79 Å². The number of aromatic nitrogens is 2. The van der Waals surface area contributed by atoms with E-state index in [0.29, 0.717) is 11.6 Å². The Balaban J connectivity index is 1.53. The summed E-state index contributed by atoms with van der Waals surface area (Å²) in [5.41, 5.74) is 2.01. The minimum absolute atomic E-state index is 0.00328. The van der Waals surface area contributed by atoms with E-state index in [4.69, 9.17) is 0 Å². The highest BCUT2D eigenvalue weighted by atomic mass is 16.2. The van der Waals surface area contributed by atoms with Gasteiger partial charge < -0.3 is 15.1 Å². The average Bonchev–Trinajstić information content (AvgIpc) is 2.63. The lowest BCUT2D eigenvalue weighted by Crippen LogP contribution is -2.47. The van der Waals surface area contributed by atoms with E-state index < -0.39 is 0 Å². The highest BCUT2D eigenvalue weighted by Crippen LogP contribution is 2.19. The molecule has 1 fully saturated rings. The Hall–Kier alpha value is -1.95. The standard InChI is InChI=1S/C18H27N5O/c1-22-11-13-23(14-12-22)17(24)16-8-10-20-18(21-16)19-9-7-15-5-3-2-4-6-15/h5,8,10H,2-4,6-7,9,11-14H2,1H3,(H,19,20,21). The van der Waals surface area contributed by atoms with E-state index in [0.717, 1.165) is 39.1 Å². The van der Waals surface area contributed by atoms with Crippen LogP contribution >= 0.6 is 0 Å². The SMILES string of the molecule is CN1CCN(C(=O)c2ccnc(NCCC3=CCCCC3)n2)CC1. The third kappa shape index (κ3) is 4.54. The quantitative estimate of drug-likeness (QED) is 0.839. The van der Waals surface area contributed by atoms with Crippen molar-refractivity contribution in [3.8, 4) is 0 Å². The lowest BCUT2D eigenvalue weighted by Gasteiger charge is -2.32. The molecule has 24 heavy (non-hydrogen) atoms. The number of likely N-dealkylation sites (N-methyl/N-ethyl adjacent to an activating group) is 1. The number of amides is 1. The lowest BCUT2D eigenvalue weighted by molar-refractivity contribution is 0.0658. The van der Waals surface area contributed by atoms with E-state index in [2.05, 4.69) is 33.3 Å². The Morgan fingerprint density at radius 3 is 2.83 bits per heavy atom. The molecule has 0 aromatic carbocycles. The molecule has 3 rings (SSSR count). The van der Waals surface area contributed by atoms with E-state index in [1.807, 2.05) is 4.90 Å². The summed E-state index contributed by atoms with van der Waals surface area (Å²) >= 11 is 0. The summed E-state index contributed by atoms with van der Waals surface area (Å²) in [5, 5.41) is 3.26. The molecule has 0 radical (unpaired) electrons. The molecule has 0 spiro atoms. The highest BCUT2D eigenvalue weighted by Gasteiger charge is 2.21. The van der Waals surface area contributed by atoms with Gasteiger partial charge in [-0.15, -0.1) is 0 Å². The molecule has 1 N–H and O–H groups in total. The number of piperazine rings is 1. The summed E-state index contributed by atoms with van der Waals surface area (Å²) in [7, 11) is 2.08. The van der Waals surface area contributed by atoms with Gasteiger partial charge in [-0.25, -0.2) is 9.97 Å². The Bertz CT molecular complexity index is 593. The topological polar surface area (TPSA) is 61.4 Å². The number of anilines is 1. The molecule has 0 saturated carbocycles. The minimum Gasteiger partial charge on any atom is -0.354 e. The van der Waals surface area contributed by atoms with Gasteiger partial charge in [0.05, 0.1) is 0 Å². The van der Waals surface area contributed by atoms with Gasteiger partial charge in [-0.05, 0) is 45.2 Å². The molecule has 1 aromatic rings. The molecule has 6 nitrogen and oxygen atoms in total. The molecule has 1 aliphatic carbocycles. The Kier molecular flexibility index (Phi) is 5.80. The fourth-order valence-electron chi connectivity index (χ4n) is 3.20. The fourth-order valence-corrected chi connectivity index (χ4v) is 3.20. The first-order valence-corrected chi connectivity index (χ1v) is 8.95. The Morgan fingerprint density at radius 1 is 1.25 bits per heavy atom. The molecule has 1 saturated heterocycles. The van der Waals surface area contributed by atoms with Gasteiger partial charge in [0.2, 0.25) is 5.95 Å². The van der Waals surface area contributed by atoms with Crippen LogP contribution in [-0.4, -0.2) is 65.4 Å². The molecular formula is C18H27N5O. The van der Waals surface area contributed by atoms with Crippen LogP contribution in [0.3, 0.4) is 0 Å². The van der Waals surface area contributed by atoms with Gasteiger partial charge in [-0.2, -0.15) is 0 Å². The summed E-state index contributed by atoms with van der Waals surface area (Å²) in [6, 6.07) is 1.70. The molecule has 130 valence electrons. The van der Waals surface area contributed by atoms with Crippen LogP contribution in [-0.2, 0) is 0 Å². The van der Waals surface area contributed by atoms with Gasteiger partial charge in [-0.3, -0.25) is 4.79 Å². The molecular weight excluding hydrogens is 302 g/mol. The molecule has 0 atom stereocenters. The summed E-state index contributed by atoms with van der Waals surface area (Å²) < 4.78 is 0. The maximum atomic E-state index is 12.6. The highest BCUT2D eigenvalue weighted by molar-refractivity contribution is 5.92. The average molecular weight is 329 g/mol. The number of hydrogen-bond donors (Lipinski definition) is 1. The van der Waals surface area contributed by atoms with Crippen molar-refractivity contribution in [1.29, 1.82) is 0 Å². The predicted octanol–water partition coefficient (Wildman–Crippen LogP) is 2.17. The third-order valence-electron chi connectivity index (χ3n) is 4.78. The van der Waals surface area contributed by atoms with E-state index >= 15 is 0 Å². The zero-order valence-electron chi connectivity index (χ0n) is 14.5. The molecule has 2 aliphatic rings. The van der Waals surface area contributed by atoms with Crippen LogP contribution < -0.4 is 5.32 Å². The van der Waals surface area contributed by atoms with Crippen LogP contribution in [0.25, 0.3) is 0 Å². The molecule has 2 heterocycles. The van der Waals surface area contributed by atoms with E-state index in [-0.39, 0.29) is 5.91 Å². The van der Waals surface area contributed by atoms with Gasteiger partial charge in [0.25, 0.3) is 5.91 Å². The molecule has 1 aromatic heterocycles. The second kappa shape index (κ2) is 8.24. The number of allylic oxidation sites excluding steroid dienone is 1. The second-order valence-corrected chi connectivity index (χ2v) is 6.65. The predicted molar refractivity (Wildman–Crippen MR) is 95.1 cm³/mol. The molecule has 1 aliphatic heterocycles. The van der Waals surface area contributed by atoms with Crippen LogP contribution in [0.2, 0.25) is 0 Å². The second-order valence-electron chi connectivity index (χ2n) is 6.65. The van der Waals surface area contributed by atoms with Crippen molar-refractivity contribution in [3.63, 3.8) is 0 Å². The van der Waals surface area contributed by atoms with Gasteiger partial charge >= 0.3 is 0 Å². The number of nitrogens with zero attached hydrogens (tertiary/aromatic N) is 4. The Labute approximate surface area is 144 Å². The van der Waals surface area contributed by atoms with Crippen LogP contribution in [0.4, 0.5) is 5.95 Å². The number of nitrogens with one attached hydrogen (secondary N) is 1. The number of rotatable bonds is 5. The minimum atomic E-state index is 0.00328. The molecule has 1 amide bonds. The maximum absolute atomic E-state index is 12.6. The fraction of sp³-hybridized carbons (Fsp3) is 0.611.